The summed E-state index contributed by atoms with van der Waals surface area (Å²) in [6, 6.07) is 0. The zero-order valence-corrected chi connectivity index (χ0v) is 9.89. The van der Waals surface area contributed by atoms with Crippen molar-refractivity contribution in [2.45, 2.75) is 13.0 Å². The van der Waals surface area contributed by atoms with Crippen molar-refractivity contribution in [3.05, 3.63) is 0 Å². The largest absolute Gasteiger partial charge is 0.479 e. The van der Waals surface area contributed by atoms with Crippen LogP contribution in [0.3, 0.4) is 0 Å². The molecule has 2 rings (SSSR count). The van der Waals surface area contributed by atoms with Gasteiger partial charge in [-0.1, -0.05) is 6.92 Å². The van der Waals surface area contributed by atoms with E-state index in [0.717, 1.165) is 6.54 Å². The number of hydrogen-bond acceptors (Lipinski definition) is 4. The minimum atomic E-state index is -1.000. The number of amides is 1. The lowest BCUT2D eigenvalue weighted by molar-refractivity contribution is -0.160. The lowest BCUT2D eigenvalue weighted by atomic mass is 9.96. The highest BCUT2D eigenvalue weighted by molar-refractivity contribution is 5.81. The van der Waals surface area contributed by atoms with Crippen molar-refractivity contribution in [2.75, 3.05) is 32.8 Å². The van der Waals surface area contributed by atoms with Crippen LogP contribution in [0.4, 0.5) is 0 Å². The highest BCUT2D eigenvalue weighted by Gasteiger charge is 2.36. The number of carboxylic acids is 1. The SMILES string of the molecule is CC1CNCC1C(=O)N1CCOC(C(=O)O)C1. The van der Waals surface area contributed by atoms with E-state index in [1.165, 1.54) is 0 Å². The molecule has 0 saturated carbocycles. The van der Waals surface area contributed by atoms with Gasteiger partial charge in [-0.2, -0.15) is 0 Å². The number of carboxylic acid groups (broad SMARTS) is 1. The van der Waals surface area contributed by atoms with Gasteiger partial charge >= 0.3 is 5.97 Å². The minimum Gasteiger partial charge on any atom is -0.479 e. The van der Waals surface area contributed by atoms with Gasteiger partial charge in [-0.15, -0.1) is 0 Å². The summed E-state index contributed by atoms with van der Waals surface area (Å²) in [5, 5.41) is 12.1. The van der Waals surface area contributed by atoms with E-state index in [2.05, 4.69) is 5.32 Å². The second-order valence-electron chi connectivity index (χ2n) is 4.72. The van der Waals surface area contributed by atoms with Crippen LogP contribution < -0.4 is 5.32 Å². The van der Waals surface area contributed by atoms with E-state index in [9.17, 15) is 9.59 Å². The Bertz CT molecular complexity index is 321. The van der Waals surface area contributed by atoms with Gasteiger partial charge in [0.1, 0.15) is 0 Å². The number of ether oxygens (including phenoxy) is 1. The van der Waals surface area contributed by atoms with E-state index >= 15 is 0 Å². The molecule has 6 heteroatoms. The molecule has 2 saturated heterocycles. The minimum absolute atomic E-state index is 0.0254. The zero-order valence-electron chi connectivity index (χ0n) is 9.89. The predicted octanol–water partition coefficient (Wildman–Crippen LogP) is -0.846. The summed E-state index contributed by atoms with van der Waals surface area (Å²) >= 11 is 0. The van der Waals surface area contributed by atoms with Gasteiger partial charge in [-0.25, -0.2) is 4.79 Å². The number of aliphatic carboxylic acids is 1. The molecule has 0 aromatic heterocycles. The van der Waals surface area contributed by atoms with Gasteiger partial charge in [0.15, 0.2) is 6.10 Å². The Hall–Kier alpha value is -1.14. The van der Waals surface area contributed by atoms with Gasteiger partial charge in [0.05, 0.1) is 19.1 Å². The quantitative estimate of drug-likeness (QED) is 0.659. The first-order valence-corrected chi connectivity index (χ1v) is 5.93. The normalized spacial score (nSPS) is 33.7. The Labute approximate surface area is 99.9 Å². The number of nitrogens with zero attached hydrogens (tertiary/aromatic N) is 1. The fourth-order valence-electron chi connectivity index (χ4n) is 2.37. The summed E-state index contributed by atoms with van der Waals surface area (Å²) in [5.74, 6) is -0.659. The van der Waals surface area contributed by atoms with E-state index in [1.807, 2.05) is 6.92 Å². The molecule has 0 spiro atoms. The third-order valence-electron chi connectivity index (χ3n) is 3.49. The molecule has 2 aliphatic heterocycles. The van der Waals surface area contributed by atoms with Crippen LogP contribution in [-0.2, 0) is 14.3 Å². The number of morpholine rings is 1. The maximum absolute atomic E-state index is 12.2. The summed E-state index contributed by atoms with van der Waals surface area (Å²) < 4.78 is 5.10. The van der Waals surface area contributed by atoms with Crippen molar-refractivity contribution >= 4 is 11.9 Å². The highest BCUT2D eigenvalue weighted by Crippen LogP contribution is 2.20. The maximum Gasteiger partial charge on any atom is 0.334 e. The molecular weight excluding hydrogens is 224 g/mol. The molecule has 2 heterocycles. The first-order chi connectivity index (χ1) is 8.09. The monoisotopic (exact) mass is 242 g/mol. The summed E-state index contributed by atoms with van der Waals surface area (Å²) in [7, 11) is 0. The van der Waals surface area contributed by atoms with Crippen molar-refractivity contribution in [1.82, 2.24) is 10.2 Å². The molecule has 2 fully saturated rings. The first kappa shape index (κ1) is 12.3. The van der Waals surface area contributed by atoms with Crippen molar-refractivity contribution in [1.29, 1.82) is 0 Å². The number of hydrogen-bond donors (Lipinski definition) is 2. The predicted molar refractivity (Wildman–Crippen MR) is 59.5 cm³/mol. The first-order valence-electron chi connectivity index (χ1n) is 5.93. The average Bonchev–Trinajstić information content (AvgIpc) is 2.74. The number of rotatable bonds is 2. The molecule has 2 aliphatic rings. The molecule has 96 valence electrons. The number of carbonyl (C=O) groups is 2. The number of carbonyl (C=O) groups excluding carboxylic acids is 1. The molecule has 0 aromatic rings. The van der Waals surface area contributed by atoms with Gasteiger partial charge in [-0.3, -0.25) is 4.79 Å². The van der Waals surface area contributed by atoms with Crippen molar-refractivity contribution < 1.29 is 19.4 Å². The van der Waals surface area contributed by atoms with Crippen LogP contribution in [0.15, 0.2) is 0 Å². The van der Waals surface area contributed by atoms with Crippen LogP contribution in [0.2, 0.25) is 0 Å². The topological polar surface area (TPSA) is 78.9 Å². The molecule has 0 aliphatic carbocycles. The summed E-state index contributed by atoms with van der Waals surface area (Å²) in [4.78, 5) is 24.7. The van der Waals surface area contributed by atoms with E-state index in [4.69, 9.17) is 9.84 Å². The summed E-state index contributed by atoms with van der Waals surface area (Å²) in [6.45, 7) is 4.54. The van der Waals surface area contributed by atoms with Gasteiger partial charge in [0.25, 0.3) is 0 Å². The van der Waals surface area contributed by atoms with Crippen molar-refractivity contribution in [2.24, 2.45) is 11.8 Å². The Balaban J connectivity index is 1.97. The Kier molecular flexibility index (Phi) is 3.63. The van der Waals surface area contributed by atoms with Crippen molar-refractivity contribution in [3.63, 3.8) is 0 Å². The zero-order chi connectivity index (χ0) is 12.4. The molecule has 0 radical (unpaired) electrons. The maximum atomic E-state index is 12.2. The summed E-state index contributed by atoms with van der Waals surface area (Å²) in [5.41, 5.74) is 0. The molecule has 6 nitrogen and oxygen atoms in total. The standard InChI is InChI=1S/C11H18N2O4/c1-7-4-12-5-8(7)10(14)13-2-3-17-9(6-13)11(15)16/h7-9,12H,2-6H2,1H3,(H,15,16). The van der Waals surface area contributed by atoms with Crippen LogP contribution in [0, 0.1) is 11.8 Å². The molecular formula is C11H18N2O4. The third kappa shape index (κ3) is 2.58. The molecule has 3 atom stereocenters. The Morgan fingerprint density at radius 2 is 2.18 bits per heavy atom. The molecule has 17 heavy (non-hydrogen) atoms. The third-order valence-corrected chi connectivity index (χ3v) is 3.49. The summed E-state index contributed by atoms with van der Waals surface area (Å²) in [6.07, 6.45) is -0.877. The molecule has 0 bridgehead atoms. The highest BCUT2D eigenvalue weighted by atomic mass is 16.5. The lowest BCUT2D eigenvalue weighted by Gasteiger charge is -2.33. The molecule has 1 amide bonds. The molecule has 2 N–H and O–H groups in total. The van der Waals surface area contributed by atoms with Crippen LogP contribution in [-0.4, -0.2) is 60.8 Å². The van der Waals surface area contributed by atoms with E-state index < -0.39 is 12.1 Å². The van der Waals surface area contributed by atoms with Gasteiger partial charge in [-0.05, 0) is 12.5 Å². The molecule has 0 aromatic carbocycles. The second kappa shape index (κ2) is 5.01. The fourth-order valence-corrected chi connectivity index (χ4v) is 2.37. The van der Waals surface area contributed by atoms with Crippen LogP contribution in [0.5, 0.6) is 0 Å². The van der Waals surface area contributed by atoms with Gasteiger partial charge < -0.3 is 20.1 Å². The van der Waals surface area contributed by atoms with Crippen LogP contribution in [0.25, 0.3) is 0 Å². The molecule has 3 unspecified atom stereocenters. The average molecular weight is 242 g/mol. The fraction of sp³-hybridized carbons (Fsp3) is 0.818. The van der Waals surface area contributed by atoms with E-state index in [-0.39, 0.29) is 18.4 Å². The van der Waals surface area contributed by atoms with E-state index in [0.29, 0.717) is 25.6 Å². The second-order valence-corrected chi connectivity index (χ2v) is 4.72. The van der Waals surface area contributed by atoms with E-state index in [1.54, 1.807) is 4.90 Å². The Morgan fingerprint density at radius 3 is 2.76 bits per heavy atom. The Morgan fingerprint density at radius 1 is 1.41 bits per heavy atom. The van der Waals surface area contributed by atoms with Gasteiger partial charge in [0.2, 0.25) is 5.91 Å². The smallest absolute Gasteiger partial charge is 0.334 e. The van der Waals surface area contributed by atoms with Gasteiger partial charge in [0, 0.05) is 13.1 Å². The number of nitrogens with one attached hydrogen (secondary N) is 1. The lowest BCUT2D eigenvalue weighted by Crippen LogP contribution is -2.51. The van der Waals surface area contributed by atoms with Crippen molar-refractivity contribution in [3.8, 4) is 0 Å². The van der Waals surface area contributed by atoms with Crippen LogP contribution in [0.1, 0.15) is 6.92 Å². The van der Waals surface area contributed by atoms with Crippen LogP contribution >= 0.6 is 0 Å².